The fraction of sp³-hybridized carbons (Fsp3) is 0.583. The number of carbonyl (C=O) groups is 1. The lowest BCUT2D eigenvalue weighted by molar-refractivity contribution is -0.137. The molecule has 1 aromatic rings. The number of unbranched alkanes of at least 4 members (excludes halogenated alkanes) is 1. The minimum absolute atomic E-state index is 0.264. The lowest BCUT2D eigenvalue weighted by Crippen LogP contribution is -2.21. The highest BCUT2D eigenvalue weighted by Gasteiger charge is 2.06. The number of hydrogen-bond donors (Lipinski definition) is 2. The highest BCUT2D eigenvalue weighted by atomic mass is 16.4. The van der Waals surface area contributed by atoms with E-state index < -0.39 is 5.97 Å². The largest absolute Gasteiger partial charge is 0.481 e. The minimum atomic E-state index is -0.713. The molecule has 16 heavy (non-hydrogen) atoms. The van der Waals surface area contributed by atoms with E-state index in [1.54, 1.807) is 0 Å². The summed E-state index contributed by atoms with van der Waals surface area (Å²) in [4.78, 5) is 10.3. The molecule has 0 saturated carbocycles. The zero-order valence-corrected chi connectivity index (χ0v) is 9.94. The van der Waals surface area contributed by atoms with E-state index in [1.165, 1.54) is 5.69 Å². The van der Waals surface area contributed by atoms with Gasteiger partial charge in [-0.2, -0.15) is 0 Å². The van der Waals surface area contributed by atoms with Gasteiger partial charge in [0, 0.05) is 31.4 Å². The van der Waals surface area contributed by atoms with E-state index in [-0.39, 0.29) is 6.42 Å². The van der Waals surface area contributed by atoms with Gasteiger partial charge in [-0.15, -0.1) is 0 Å². The number of aryl methyl sites for hydroxylation is 1. The highest BCUT2D eigenvalue weighted by Crippen LogP contribution is 2.11. The average molecular weight is 224 g/mol. The SMILES string of the molecule is CC(NCCCCC(=O)O)c1cccn1C. The van der Waals surface area contributed by atoms with E-state index in [9.17, 15) is 4.79 Å². The number of rotatable bonds is 7. The molecule has 0 spiro atoms. The summed E-state index contributed by atoms with van der Waals surface area (Å²) in [6.45, 7) is 2.98. The zero-order chi connectivity index (χ0) is 12.0. The van der Waals surface area contributed by atoms with Crippen molar-refractivity contribution < 1.29 is 9.90 Å². The number of aliphatic carboxylic acids is 1. The van der Waals surface area contributed by atoms with Crippen molar-refractivity contribution in [1.82, 2.24) is 9.88 Å². The summed E-state index contributed by atoms with van der Waals surface area (Å²) in [6, 6.07) is 4.43. The second-order valence-electron chi connectivity index (χ2n) is 4.07. The molecule has 1 atom stereocenters. The Labute approximate surface area is 96.3 Å². The Bertz CT molecular complexity index is 334. The van der Waals surface area contributed by atoms with Crippen LogP contribution >= 0.6 is 0 Å². The van der Waals surface area contributed by atoms with Crippen molar-refractivity contribution in [2.45, 2.75) is 32.2 Å². The molecule has 1 aromatic heterocycles. The first-order valence-corrected chi connectivity index (χ1v) is 5.67. The Hall–Kier alpha value is -1.29. The summed E-state index contributed by atoms with van der Waals surface area (Å²) in [5.41, 5.74) is 1.25. The molecular formula is C12H20N2O2. The summed E-state index contributed by atoms with van der Waals surface area (Å²) in [6.07, 6.45) is 3.93. The molecule has 0 fully saturated rings. The molecule has 4 nitrogen and oxygen atoms in total. The Balaban J connectivity index is 2.18. The lowest BCUT2D eigenvalue weighted by atomic mass is 10.2. The van der Waals surface area contributed by atoms with Crippen molar-refractivity contribution in [1.29, 1.82) is 0 Å². The van der Waals surface area contributed by atoms with Gasteiger partial charge in [0.05, 0.1) is 0 Å². The van der Waals surface area contributed by atoms with E-state index in [1.807, 2.05) is 19.3 Å². The molecule has 0 saturated heterocycles. The van der Waals surface area contributed by atoms with Gasteiger partial charge < -0.3 is 15.0 Å². The van der Waals surface area contributed by atoms with Crippen molar-refractivity contribution in [2.24, 2.45) is 7.05 Å². The molecular weight excluding hydrogens is 204 g/mol. The van der Waals surface area contributed by atoms with Gasteiger partial charge in [-0.25, -0.2) is 0 Å². The quantitative estimate of drug-likeness (QED) is 0.696. The van der Waals surface area contributed by atoms with Gasteiger partial charge in [0.2, 0.25) is 0 Å². The zero-order valence-electron chi connectivity index (χ0n) is 9.94. The van der Waals surface area contributed by atoms with Gasteiger partial charge in [0.25, 0.3) is 0 Å². The number of nitrogens with zero attached hydrogens (tertiary/aromatic N) is 1. The van der Waals surface area contributed by atoms with Gasteiger partial charge in [0.1, 0.15) is 0 Å². The molecule has 90 valence electrons. The topological polar surface area (TPSA) is 54.3 Å². The van der Waals surface area contributed by atoms with Crippen molar-refractivity contribution in [3.05, 3.63) is 24.0 Å². The number of nitrogens with one attached hydrogen (secondary N) is 1. The molecule has 2 N–H and O–H groups in total. The van der Waals surface area contributed by atoms with Crippen LogP contribution in [0, 0.1) is 0 Å². The highest BCUT2D eigenvalue weighted by molar-refractivity contribution is 5.66. The molecule has 0 bridgehead atoms. The second-order valence-corrected chi connectivity index (χ2v) is 4.07. The van der Waals surface area contributed by atoms with Crippen LogP contribution in [-0.2, 0) is 11.8 Å². The average Bonchev–Trinajstić information content (AvgIpc) is 2.63. The van der Waals surface area contributed by atoms with Crippen LogP contribution in [0.1, 0.15) is 37.9 Å². The van der Waals surface area contributed by atoms with Crippen LogP contribution in [0.4, 0.5) is 0 Å². The molecule has 1 heterocycles. The smallest absolute Gasteiger partial charge is 0.303 e. The van der Waals surface area contributed by atoms with Crippen molar-refractivity contribution in [3.8, 4) is 0 Å². The van der Waals surface area contributed by atoms with Crippen LogP contribution in [0.5, 0.6) is 0 Å². The minimum Gasteiger partial charge on any atom is -0.481 e. The third kappa shape index (κ3) is 4.06. The molecule has 1 rings (SSSR count). The number of carboxylic acid groups (broad SMARTS) is 1. The maximum Gasteiger partial charge on any atom is 0.303 e. The van der Waals surface area contributed by atoms with Crippen LogP contribution in [-0.4, -0.2) is 22.2 Å². The first-order chi connectivity index (χ1) is 7.61. The summed E-state index contributed by atoms with van der Waals surface area (Å²) in [5.74, 6) is -0.713. The van der Waals surface area contributed by atoms with E-state index in [2.05, 4.69) is 22.9 Å². The maximum atomic E-state index is 10.3. The lowest BCUT2D eigenvalue weighted by Gasteiger charge is -2.14. The van der Waals surface area contributed by atoms with Gasteiger partial charge in [-0.3, -0.25) is 4.79 Å². The predicted octanol–water partition coefficient (Wildman–Crippen LogP) is 1.93. The van der Waals surface area contributed by atoms with Gasteiger partial charge >= 0.3 is 5.97 Å². The van der Waals surface area contributed by atoms with Crippen molar-refractivity contribution in [2.75, 3.05) is 6.54 Å². The summed E-state index contributed by atoms with van der Waals surface area (Å²) in [5, 5.41) is 11.9. The third-order valence-electron chi connectivity index (χ3n) is 2.70. The molecule has 0 aliphatic heterocycles. The summed E-state index contributed by atoms with van der Waals surface area (Å²) in [7, 11) is 2.03. The van der Waals surface area contributed by atoms with Crippen LogP contribution in [0.2, 0.25) is 0 Å². The van der Waals surface area contributed by atoms with Gasteiger partial charge in [0.15, 0.2) is 0 Å². The van der Waals surface area contributed by atoms with E-state index in [4.69, 9.17) is 5.11 Å². The molecule has 0 aliphatic carbocycles. The second kappa shape index (κ2) is 6.33. The molecule has 0 amide bonds. The van der Waals surface area contributed by atoms with E-state index in [0.717, 1.165) is 19.4 Å². The van der Waals surface area contributed by atoms with Crippen LogP contribution in [0.3, 0.4) is 0 Å². The number of hydrogen-bond acceptors (Lipinski definition) is 2. The third-order valence-corrected chi connectivity index (χ3v) is 2.70. The fourth-order valence-electron chi connectivity index (χ4n) is 1.75. The molecule has 0 aliphatic rings. The molecule has 0 radical (unpaired) electrons. The predicted molar refractivity (Wildman–Crippen MR) is 63.3 cm³/mol. The summed E-state index contributed by atoms with van der Waals surface area (Å²) >= 11 is 0. The van der Waals surface area contributed by atoms with Crippen molar-refractivity contribution in [3.63, 3.8) is 0 Å². The van der Waals surface area contributed by atoms with Crippen LogP contribution in [0.25, 0.3) is 0 Å². The van der Waals surface area contributed by atoms with Gasteiger partial charge in [-0.1, -0.05) is 0 Å². The van der Waals surface area contributed by atoms with Crippen molar-refractivity contribution >= 4 is 5.97 Å². The number of carboxylic acids is 1. The Morgan fingerprint density at radius 1 is 1.56 bits per heavy atom. The summed E-state index contributed by atoms with van der Waals surface area (Å²) < 4.78 is 2.09. The normalized spacial score (nSPS) is 12.6. The Morgan fingerprint density at radius 3 is 2.88 bits per heavy atom. The van der Waals surface area contributed by atoms with Crippen LogP contribution in [0.15, 0.2) is 18.3 Å². The van der Waals surface area contributed by atoms with E-state index >= 15 is 0 Å². The Morgan fingerprint density at radius 2 is 2.31 bits per heavy atom. The maximum absolute atomic E-state index is 10.3. The molecule has 4 heteroatoms. The fourth-order valence-corrected chi connectivity index (χ4v) is 1.75. The van der Waals surface area contributed by atoms with Crippen LogP contribution < -0.4 is 5.32 Å². The molecule has 0 aromatic carbocycles. The number of aromatic nitrogens is 1. The van der Waals surface area contributed by atoms with Gasteiger partial charge in [-0.05, 0) is 38.4 Å². The molecule has 1 unspecified atom stereocenters. The monoisotopic (exact) mass is 224 g/mol. The van der Waals surface area contributed by atoms with E-state index in [0.29, 0.717) is 6.04 Å². The first-order valence-electron chi connectivity index (χ1n) is 5.67. The standard InChI is InChI=1S/C12H20N2O2/c1-10(11-6-5-9-14(11)2)13-8-4-3-7-12(15)16/h5-6,9-10,13H,3-4,7-8H2,1-2H3,(H,15,16). The first kappa shape index (κ1) is 12.8. The Kier molecular flexibility index (Phi) is 5.05.